The van der Waals surface area contributed by atoms with E-state index in [2.05, 4.69) is 0 Å². The molecule has 142 valence electrons. The standard InChI is InChI=1S/C23H22NO3P/c24-22(23(26)27)16-18(25)17-28(19-10-4-1-5-11-19,20-12-6-2-7-13-20)21-14-8-3-9-15-21/h1-15,22H,16-17,24H2/t22-/m0/s1. The average molecular weight is 391 g/mol. The third kappa shape index (κ3) is 4.19. The number of aliphatic carboxylic acids is 1. The highest BCUT2D eigenvalue weighted by atomic mass is 31.2. The van der Waals surface area contributed by atoms with Gasteiger partial charge in [-0.05, 0) is 36.4 Å². The van der Waals surface area contributed by atoms with E-state index < -0.39 is 19.3 Å². The molecule has 0 saturated carbocycles. The number of nitrogens with two attached hydrogens (primary N) is 1. The number of rotatable bonds is 8. The Bertz CT molecular complexity index is 833. The Morgan fingerprint density at radius 2 is 1.11 bits per heavy atom. The Morgan fingerprint density at radius 3 is 1.43 bits per heavy atom. The van der Waals surface area contributed by atoms with E-state index in [1.54, 1.807) is 0 Å². The largest absolute Gasteiger partial charge is 0.548 e. The van der Waals surface area contributed by atoms with Gasteiger partial charge in [0.1, 0.15) is 29.3 Å². The number of carbonyl (C=O) groups excluding carboxylic acids is 2. The third-order valence-corrected chi connectivity index (χ3v) is 9.12. The number of Topliss-reactive ketones (excluding diaryl/α,β-unsaturated/α-hetero) is 1. The van der Waals surface area contributed by atoms with Crippen LogP contribution in [0, 0.1) is 0 Å². The fourth-order valence-electron chi connectivity index (χ4n) is 3.43. The van der Waals surface area contributed by atoms with Crippen LogP contribution >= 0.6 is 7.26 Å². The van der Waals surface area contributed by atoms with E-state index >= 15 is 0 Å². The maximum Gasteiger partial charge on any atom is 0.173 e. The molecule has 1 atom stereocenters. The molecule has 0 aliphatic carbocycles. The first-order valence-corrected chi connectivity index (χ1v) is 11.0. The lowest BCUT2D eigenvalue weighted by molar-refractivity contribution is -0.307. The minimum Gasteiger partial charge on any atom is -0.548 e. The molecule has 28 heavy (non-hydrogen) atoms. The molecule has 0 heterocycles. The molecule has 3 rings (SSSR count). The molecule has 0 bridgehead atoms. The summed E-state index contributed by atoms with van der Waals surface area (Å²) in [6.45, 7) is 0. The minimum atomic E-state index is -2.31. The van der Waals surface area contributed by atoms with Crippen LogP contribution in [0.3, 0.4) is 0 Å². The highest BCUT2D eigenvalue weighted by Gasteiger charge is 2.47. The van der Waals surface area contributed by atoms with Crippen molar-refractivity contribution in [2.75, 3.05) is 6.16 Å². The van der Waals surface area contributed by atoms with Crippen molar-refractivity contribution < 1.29 is 14.7 Å². The number of hydrogen-bond donors (Lipinski definition) is 1. The number of benzene rings is 3. The van der Waals surface area contributed by atoms with Gasteiger partial charge in [-0.25, -0.2) is 0 Å². The zero-order valence-corrected chi connectivity index (χ0v) is 16.3. The lowest BCUT2D eigenvalue weighted by atomic mass is 10.2. The number of carbonyl (C=O) groups is 2. The van der Waals surface area contributed by atoms with E-state index in [1.165, 1.54) is 0 Å². The highest BCUT2D eigenvalue weighted by molar-refractivity contribution is 7.96. The van der Waals surface area contributed by atoms with Gasteiger partial charge in [0.2, 0.25) is 0 Å². The highest BCUT2D eigenvalue weighted by Crippen LogP contribution is 2.55. The normalized spacial score (nSPS) is 12.3. The second-order valence-electron chi connectivity index (χ2n) is 6.64. The van der Waals surface area contributed by atoms with Crippen LogP contribution in [-0.4, -0.2) is 24.0 Å². The molecule has 0 aromatic heterocycles. The van der Waals surface area contributed by atoms with Crippen molar-refractivity contribution in [3.63, 3.8) is 0 Å². The molecular weight excluding hydrogens is 369 g/mol. The quantitative estimate of drug-likeness (QED) is 0.581. The van der Waals surface area contributed by atoms with Crippen molar-refractivity contribution >= 4 is 34.9 Å². The van der Waals surface area contributed by atoms with E-state index in [0.717, 1.165) is 15.9 Å². The number of carboxylic acid groups (broad SMARTS) is 1. The van der Waals surface area contributed by atoms with Crippen LogP contribution in [0.15, 0.2) is 91.0 Å². The maximum atomic E-state index is 13.0. The Kier molecular flexibility index (Phi) is 6.35. The molecule has 4 nitrogen and oxygen atoms in total. The fourth-order valence-corrected chi connectivity index (χ4v) is 7.57. The molecule has 5 heteroatoms. The summed E-state index contributed by atoms with van der Waals surface area (Å²) in [5.74, 6) is -1.59. The number of hydrogen-bond acceptors (Lipinski definition) is 4. The Morgan fingerprint density at radius 1 is 0.750 bits per heavy atom. The third-order valence-electron chi connectivity index (χ3n) is 4.75. The van der Waals surface area contributed by atoms with Gasteiger partial charge in [0.25, 0.3) is 0 Å². The first-order chi connectivity index (χ1) is 13.5. The molecule has 0 unspecified atom stereocenters. The van der Waals surface area contributed by atoms with Gasteiger partial charge in [0.15, 0.2) is 5.78 Å². The molecule has 0 spiro atoms. The van der Waals surface area contributed by atoms with Crippen LogP contribution in [0.5, 0.6) is 0 Å². The smallest absolute Gasteiger partial charge is 0.173 e. The maximum absolute atomic E-state index is 13.0. The number of carboxylic acids is 1. The monoisotopic (exact) mass is 391 g/mol. The molecule has 0 amide bonds. The van der Waals surface area contributed by atoms with Crippen molar-refractivity contribution in [3.8, 4) is 0 Å². The van der Waals surface area contributed by atoms with Gasteiger partial charge < -0.3 is 15.6 Å². The van der Waals surface area contributed by atoms with Gasteiger partial charge >= 0.3 is 0 Å². The van der Waals surface area contributed by atoms with Gasteiger partial charge in [0, 0.05) is 6.42 Å². The summed E-state index contributed by atoms with van der Waals surface area (Å²) in [7, 11) is -2.31. The van der Waals surface area contributed by atoms with Gasteiger partial charge in [0.05, 0.1) is 12.0 Å². The van der Waals surface area contributed by atoms with Crippen LogP contribution in [0.4, 0.5) is 0 Å². The second kappa shape index (κ2) is 8.92. The molecule has 2 N–H and O–H groups in total. The van der Waals surface area contributed by atoms with Crippen molar-refractivity contribution in [2.24, 2.45) is 5.73 Å². The fraction of sp³-hybridized carbons (Fsp3) is 0.130. The van der Waals surface area contributed by atoms with Crippen LogP contribution in [0.2, 0.25) is 0 Å². The van der Waals surface area contributed by atoms with E-state index in [0.29, 0.717) is 0 Å². The SMILES string of the molecule is N[C@@H](CC(=O)C[P+](c1ccccc1)(c1ccccc1)c1ccccc1)C(=O)[O-]. The van der Waals surface area contributed by atoms with Gasteiger partial charge in [-0.15, -0.1) is 0 Å². The second-order valence-corrected chi connectivity index (χ2v) is 10.1. The lowest BCUT2D eigenvalue weighted by Gasteiger charge is -2.27. The zero-order valence-electron chi connectivity index (χ0n) is 15.4. The lowest BCUT2D eigenvalue weighted by Crippen LogP contribution is -2.44. The van der Waals surface area contributed by atoms with Crippen molar-refractivity contribution in [3.05, 3.63) is 91.0 Å². The van der Waals surface area contributed by atoms with E-state index in [9.17, 15) is 14.7 Å². The van der Waals surface area contributed by atoms with Crippen LogP contribution in [0.25, 0.3) is 0 Å². The van der Waals surface area contributed by atoms with Crippen molar-refractivity contribution in [2.45, 2.75) is 12.5 Å². The molecule has 3 aromatic rings. The minimum absolute atomic E-state index is 0.179. The summed E-state index contributed by atoms with van der Waals surface area (Å²) < 4.78 is 0. The average Bonchev–Trinajstić information content (AvgIpc) is 2.74. The zero-order chi connectivity index (χ0) is 20.0. The van der Waals surface area contributed by atoms with Gasteiger partial charge in [-0.1, -0.05) is 54.6 Å². The molecular formula is C23H22NO3P. The summed E-state index contributed by atoms with van der Waals surface area (Å²) in [5, 5.41) is 14.2. The molecule has 0 aliphatic heterocycles. The van der Waals surface area contributed by atoms with Gasteiger partial charge in [-0.2, -0.15) is 0 Å². The van der Waals surface area contributed by atoms with Gasteiger partial charge in [-0.3, -0.25) is 4.79 Å². The van der Waals surface area contributed by atoms with Crippen molar-refractivity contribution in [1.82, 2.24) is 0 Å². The first-order valence-electron chi connectivity index (χ1n) is 9.07. The molecule has 0 fully saturated rings. The summed E-state index contributed by atoms with van der Waals surface area (Å²) in [4.78, 5) is 24.0. The predicted octanol–water partition coefficient (Wildman–Crippen LogP) is 1.02. The summed E-state index contributed by atoms with van der Waals surface area (Å²) in [6, 6.07) is 28.6. The molecule has 0 saturated heterocycles. The van der Waals surface area contributed by atoms with E-state index in [4.69, 9.17) is 5.73 Å². The van der Waals surface area contributed by atoms with Crippen LogP contribution in [0.1, 0.15) is 6.42 Å². The Hall–Kier alpha value is -2.81. The summed E-state index contributed by atoms with van der Waals surface area (Å²) in [5.41, 5.74) is 5.58. The summed E-state index contributed by atoms with van der Waals surface area (Å²) in [6.07, 6.45) is -0.0252. The molecule has 0 radical (unpaired) electrons. The first kappa shape index (κ1) is 19.9. The number of ketones is 1. The predicted molar refractivity (Wildman–Crippen MR) is 113 cm³/mol. The van der Waals surface area contributed by atoms with Crippen LogP contribution < -0.4 is 26.8 Å². The van der Waals surface area contributed by atoms with Crippen LogP contribution in [-0.2, 0) is 9.59 Å². The summed E-state index contributed by atoms with van der Waals surface area (Å²) >= 11 is 0. The van der Waals surface area contributed by atoms with E-state index in [1.807, 2.05) is 91.0 Å². The Balaban J connectivity index is 2.17. The van der Waals surface area contributed by atoms with Crippen molar-refractivity contribution in [1.29, 1.82) is 0 Å². The van der Waals surface area contributed by atoms with E-state index in [-0.39, 0.29) is 18.4 Å². The molecule has 3 aromatic carbocycles. The molecule has 0 aliphatic rings. The topological polar surface area (TPSA) is 83.2 Å². The Labute approximate surface area is 165 Å².